The summed E-state index contributed by atoms with van der Waals surface area (Å²) in [4.78, 5) is 20.1. The van der Waals surface area contributed by atoms with Gasteiger partial charge in [-0.15, -0.1) is 10.1 Å². The second-order valence-electron chi connectivity index (χ2n) is 8.37. The fourth-order valence-electron chi connectivity index (χ4n) is 3.75. The van der Waals surface area contributed by atoms with E-state index in [-0.39, 0.29) is 94.3 Å². The van der Waals surface area contributed by atoms with Gasteiger partial charge < -0.3 is 19.9 Å². The van der Waals surface area contributed by atoms with Gasteiger partial charge in [0.15, 0.2) is 0 Å². The van der Waals surface area contributed by atoms with Crippen molar-refractivity contribution >= 4 is 0 Å². The van der Waals surface area contributed by atoms with Crippen molar-refractivity contribution in [2.24, 2.45) is 0 Å². The van der Waals surface area contributed by atoms with Gasteiger partial charge in [0.2, 0.25) is 0 Å². The number of rotatable bonds is 13. The fourth-order valence-corrected chi connectivity index (χ4v) is 3.75. The van der Waals surface area contributed by atoms with Crippen LogP contribution in [-0.4, -0.2) is 24.3 Å². The molecule has 1 aromatic rings. The summed E-state index contributed by atoms with van der Waals surface area (Å²) in [6.45, 7) is 7.19. The van der Waals surface area contributed by atoms with E-state index >= 15 is 0 Å². The Labute approximate surface area is 237 Å². The number of alkyl halides is 2. The van der Waals surface area contributed by atoms with Crippen LogP contribution in [0.5, 0.6) is 11.5 Å². The van der Waals surface area contributed by atoms with Crippen molar-refractivity contribution in [3.8, 4) is 11.5 Å². The average molecular weight is 495 g/mol. The zero-order valence-corrected chi connectivity index (χ0v) is 23.4. The van der Waals surface area contributed by atoms with Crippen LogP contribution in [0.1, 0.15) is 83.3 Å². The number of halogens is 2. The molecule has 0 fully saturated rings. The van der Waals surface area contributed by atoms with E-state index < -0.39 is 11.0 Å². The van der Waals surface area contributed by atoms with Gasteiger partial charge in [-0.25, -0.2) is 8.78 Å². The van der Waals surface area contributed by atoms with Gasteiger partial charge in [-0.1, -0.05) is 31.5 Å². The minimum atomic E-state index is -3.05. The summed E-state index contributed by atoms with van der Waals surface area (Å²) < 4.78 is 35.9. The zero-order chi connectivity index (χ0) is 23.7. The Morgan fingerprint density at radius 1 is 1.30 bits per heavy atom. The number of hydroxylamine groups is 1. The standard InChI is InChI=1S/C23H33F2N2O5.K/c1-5-6-10-23(24,25)19-14-20(31-16(2)3)22(18-9-7-8-17(4)13-18)21(15-19)32-26-11-12-30-27(28)29;/h13-16,18H,5-12H2,1-4H3;/q-1;+1. The smallest absolute Gasteiger partial charge is 0.587 e. The van der Waals surface area contributed by atoms with Gasteiger partial charge in [-0.2, -0.15) is 0 Å². The maximum absolute atomic E-state index is 15.0. The molecule has 0 aliphatic heterocycles. The molecule has 0 saturated carbocycles. The molecule has 33 heavy (non-hydrogen) atoms. The average Bonchev–Trinajstić information content (AvgIpc) is 2.71. The van der Waals surface area contributed by atoms with Gasteiger partial charge in [-0.05, 0) is 58.6 Å². The Kier molecular flexibility index (Phi) is 13.4. The van der Waals surface area contributed by atoms with Crippen LogP contribution in [0.25, 0.3) is 5.48 Å². The van der Waals surface area contributed by atoms with E-state index in [1.807, 2.05) is 27.7 Å². The number of hydrogen-bond donors (Lipinski definition) is 0. The van der Waals surface area contributed by atoms with Crippen LogP contribution in [0.4, 0.5) is 8.78 Å². The third kappa shape index (κ3) is 9.77. The Hall–Kier alpha value is -0.784. The summed E-state index contributed by atoms with van der Waals surface area (Å²) in [6.07, 6.45) is 5.45. The van der Waals surface area contributed by atoms with Crippen LogP contribution in [0.2, 0.25) is 0 Å². The molecule has 1 aliphatic rings. The van der Waals surface area contributed by atoms with E-state index in [4.69, 9.17) is 9.57 Å². The molecular formula is C23H33F2KN2O5. The Morgan fingerprint density at radius 3 is 2.61 bits per heavy atom. The summed E-state index contributed by atoms with van der Waals surface area (Å²) in [5, 5.41) is 9.39. The molecule has 0 amide bonds. The summed E-state index contributed by atoms with van der Waals surface area (Å²) in [5.74, 6) is -2.56. The van der Waals surface area contributed by atoms with Crippen molar-refractivity contribution in [1.82, 2.24) is 0 Å². The molecule has 180 valence electrons. The van der Waals surface area contributed by atoms with Crippen molar-refractivity contribution in [3.05, 3.63) is 50.5 Å². The molecule has 7 nitrogen and oxygen atoms in total. The molecule has 0 N–H and O–H groups in total. The second-order valence-corrected chi connectivity index (χ2v) is 8.37. The molecule has 1 aliphatic carbocycles. The largest absolute Gasteiger partial charge is 1.00 e. The molecule has 10 heteroatoms. The predicted molar refractivity (Wildman–Crippen MR) is 118 cm³/mol. The van der Waals surface area contributed by atoms with Crippen LogP contribution in [0, 0.1) is 10.1 Å². The van der Waals surface area contributed by atoms with E-state index in [0.717, 1.165) is 19.3 Å². The van der Waals surface area contributed by atoms with Crippen molar-refractivity contribution in [2.75, 3.05) is 13.2 Å². The van der Waals surface area contributed by atoms with Crippen molar-refractivity contribution < 1.29 is 79.7 Å². The van der Waals surface area contributed by atoms with Crippen molar-refractivity contribution in [3.63, 3.8) is 0 Å². The molecule has 0 spiro atoms. The summed E-state index contributed by atoms with van der Waals surface area (Å²) in [7, 11) is 0. The Balaban J connectivity index is 0.00000544. The van der Waals surface area contributed by atoms with Gasteiger partial charge in [0.1, 0.15) is 11.5 Å². The normalized spacial score (nSPS) is 16.1. The van der Waals surface area contributed by atoms with Gasteiger partial charge in [0.05, 0.1) is 12.7 Å². The first-order valence-electron chi connectivity index (χ1n) is 11.1. The molecule has 1 unspecified atom stereocenters. The maximum Gasteiger partial charge on any atom is 1.00 e. The molecule has 0 heterocycles. The monoisotopic (exact) mass is 494 g/mol. The minimum Gasteiger partial charge on any atom is -0.587 e. The number of allylic oxidation sites excluding steroid dienone is 2. The van der Waals surface area contributed by atoms with E-state index in [1.54, 1.807) is 0 Å². The summed E-state index contributed by atoms with van der Waals surface area (Å²) in [6, 6.07) is 2.75. The van der Waals surface area contributed by atoms with E-state index in [2.05, 4.69) is 16.4 Å². The quantitative estimate of drug-likeness (QED) is 0.137. The summed E-state index contributed by atoms with van der Waals surface area (Å²) >= 11 is 0. The van der Waals surface area contributed by atoms with Crippen LogP contribution < -0.4 is 61.0 Å². The van der Waals surface area contributed by atoms with Gasteiger partial charge in [0, 0.05) is 23.5 Å². The molecule has 2 rings (SSSR count). The van der Waals surface area contributed by atoms with E-state index in [9.17, 15) is 18.9 Å². The zero-order valence-electron chi connectivity index (χ0n) is 20.2. The van der Waals surface area contributed by atoms with E-state index in [1.165, 1.54) is 17.7 Å². The minimum absolute atomic E-state index is 0. The van der Waals surface area contributed by atoms with Crippen LogP contribution in [0.3, 0.4) is 0 Å². The number of unbranched alkanes of at least 4 members (excludes halogenated alkanes) is 1. The molecule has 1 aromatic carbocycles. The first kappa shape index (κ1) is 30.2. The predicted octanol–water partition coefficient (Wildman–Crippen LogP) is 3.85. The first-order chi connectivity index (χ1) is 15.1. The molecular weight excluding hydrogens is 461 g/mol. The van der Waals surface area contributed by atoms with Crippen LogP contribution in [0.15, 0.2) is 23.8 Å². The van der Waals surface area contributed by atoms with Crippen molar-refractivity contribution in [1.29, 1.82) is 0 Å². The first-order valence-corrected chi connectivity index (χ1v) is 11.1. The molecule has 0 aromatic heterocycles. The van der Waals surface area contributed by atoms with Crippen LogP contribution >= 0.6 is 0 Å². The third-order valence-corrected chi connectivity index (χ3v) is 5.22. The molecule has 0 radical (unpaired) electrons. The van der Waals surface area contributed by atoms with Gasteiger partial charge >= 0.3 is 51.4 Å². The van der Waals surface area contributed by atoms with Gasteiger partial charge in [-0.3, -0.25) is 0 Å². The topological polar surface area (TPSA) is 84.9 Å². The fraction of sp³-hybridized carbons (Fsp3) is 0.652. The summed E-state index contributed by atoms with van der Waals surface area (Å²) in [5.41, 5.74) is 5.55. The van der Waals surface area contributed by atoms with Crippen LogP contribution in [-0.2, 0) is 10.8 Å². The number of hydrogen-bond acceptors (Lipinski definition) is 5. The molecule has 0 saturated heterocycles. The molecule has 1 atom stereocenters. The van der Waals surface area contributed by atoms with Crippen molar-refractivity contribution in [2.45, 2.75) is 84.2 Å². The number of benzene rings is 1. The number of nitrogens with zero attached hydrogens (tertiary/aromatic N) is 2. The second kappa shape index (κ2) is 14.6. The maximum atomic E-state index is 15.0. The number of ether oxygens (including phenoxy) is 1. The Morgan fingerprint density at radius 2 is 2.00 bits per heavy atom. The van der Waals surface area contributed by atoms with Gasteiger partial charge in [0.25, 0.3) is 11.0 Å². The Bertz CT molecular complexity index is 805. The third-order valence-electron chi connectivity index (χ3n) is 5.22. The molecule has 0 bridgehead atoms. The SMILES string of the molecule is CCCCC(F)(F)c1cc(O[N-]CCO[N+](=O)[O-])c(C2C=C(C)CCC2)c(OC(C)C)c1.[K+]. The van der Waals surface area contributed by atoms with E-state index in [0.29, 0.717) is 24.2 Å².